The predicted molar refractivity (Wildman–Crippen MR) is 117 cm³/mol. The number of amides is 1. The summed E-state index contributed by atoms with van der Waals surface area (Å²) in [5.41, 5.74) is 1.88. The third-order valence-corrected chi connectivity index (χ3v) is 6.62. The number of carbonyl (C=O) groups excluding carboxylic acids is 1. The first-order valence-corrected chi connectivity index (χ1v) is 11.4. The Morgan fingerprint density at radius 2 is 2.31 bits per heavy atom. The van der Waals surface area contributed by atoms with Crippen LogP contribution in [0, 0.1) is 6.92 Å². The molecule has 0 radical (unpaired) electrons. The van der Waals surface area contributed by atoms with Gasteiger partial charge in [-0.05, 0) is 43.5 Å². The highest BCUT2D eigenvalue weighted by Crippen LogP contribution is 2.28. The van der Waals surface area contributed by atoms with Crippen molar-refractivity contribution in [3.05, 3.63) is 68.6 Å². The summed E-state index contributed by atoms with van der Waals surface area (Å²) >= 11 is 3.29. The van der Waals surface area contributed by atoms with Crippen molar-refractivity contribution < 1.29 is 9.53 Å². The highest BCUT2D eigenvalue weighted by atomic mass is 32.1. The van der Waals surface area contributed by atoms with E-state index < -0.39 is 0 Å². The maximum absolute atomic E-state index is 12.7. The van der Waals surface area contributed by atoms with Crippen LogP contribution >= 0.6 is 22.7 Å². The number of likely N-dealkylation sites (tertiary alicyclic amines) is 1. The van der Waals surface area contributed by atoms with Crippen LogP contribution in [0.5, 0.6) is 5.75 Å². The van der Waals surface area contributed by atoms with Gasteiger partial charge in [-0.25, -0.2) is 9.97 Å². The average Bonchev–Trinajstić information content (AvgIpc) is 3.43. The zero-order valence-corrected chi connectivity index (χ0v) is 17.9. The molecule has 0 saturated carbocycles. The molecule has 1 aliphatic rings. The molecule has 2 aromatic heterocycles. The highest BCUT2D eigenvalue weighted by molar-refractivity contribution is 7.09. The van der Waals surface area contributed by atoms with E-state index in [1.54, 1.807) is 28.7 Å². The fourth-order valence-electron chi connectivity index (χ4n) is 3.43. The first-order valence-electron chi connectivity index (χ1n) is 9.67. The van der Waals surface area contributed by atoms with Gasteiger partial charge in [0.05, 0.1) is 15.7 Å². The van der Waals surface area contributed by atoms with E-state index in [-0.39, 0.29) is 5.91 Å². The summed E-state index contributed by atoms with van der Waals surface area (Å²) < 4.78 is 5.83. The maximum atomic E-state index is 12.7. The minimum atomic E-state index is 0.0514. The fourth-order valence-corrected chi connectivity index (χ4v) is 4.79. The number of rotatable bonds is 6. The van der Waals surface area contributed by atoms with E-state index in [4.69, 9.17) is 4.74 Å². The molecule has 0 aliphatic carbocycles. The van der Waals surface area contributed by atoms with Crippen LogP contribution in [0.25, 0.3) is 6.08 Å². The van der Waals surface area contributed by atoms with Gasteiger partial charge in [0.25, 0.3) is 0 Å². The molecule has 3 aromatic rings. The van der Waals surface area contributed by atoms with Gasteiger partial charge in [0.15, 0.2) is 0 Å². The lowest BCUT2D eigenvalue weighted by Gasteiger charge is -2.31. The number of ether oxygens (including phenoxy) is 1. The van der Waals surface area contributed by atoms with Gasteiger partial charge in [-0.2, -0.15) is 0 Å². The van der Waals surface area contributed by atoms with Crippen molar-refractivity contribution in [1.82, 2.24) is 14.9 Å². The number of aryl methyl sites for hydroxylation is 1. The lowest BCUT2D eigenvalue weighted by Crippen LogP contribution is -2.38. The van der Waals surface area contributed by atoms with Crippen LogP contribution in [0.1, 0.15) is 40.0 Å². The monoisotopic (exact) mass is 425 g/mol. The molecule has 1 amide bonds. The second kappa shape index (κ2) is 9.33. The molecule has 3 heterocycles. The SMILES string of the molecule is Cc1nc(COc2cccc(/C=C/C(=O)N3CCCC(c4nccs4)C3)c2)cs1. The Hall–Kier alpha value is -2.51. The summed E-state index contributed by atoms with van der Waals surface area (Å²) in [6.07, 6.45) is 7.47. The number of carbonyl (C=O) groups is 1. The van der Waals surface area contributed by atoms with E-state index in [2.05, 4.69) is 9.97 Å². The summed E-state index contributed by atoms with van der Waals surface area (Å²) in [5, 5.41) is 6.18. The summed E-state index contributed by atoms with van der Waals surface area (Å²) in [4.78, 5) is 23.4. The molecular formula is C22H23N3O2S2. The van der Waals surface area contributed by atoms with E-state index >= 15 is 0 Å². The normalized spacial score (nSPS) is 17.0. The van der Waals surface area contributed by atoms with Crippen LogP contribution in [0.2, 0.25) is 0 Å². The van der Waals surface area contributed by atoms with E-state index in [0.29, 0.717) is 12.5 Å². The van der Waals surface area contributed by atoms with Gasteiger partial charge in [-0.1, -0.05) is 12.1 Å². The van der Waals surface area contributed by atoms with E-state index in [0.717, 1.165) is 53.0 Å². The topological polar surface area (TPSA) is 55.3 Å². The molecule has 1 aliphatic heterocycles. The molecule has 5 nitrogen and oxygen atoms in total. The van der Waals surface area contributed by atoms with Crippen molar-refractivity contribution >= 4 is 34.7 Å². The molecule has 1 unspecified atom stereocenters. The zero-order chi connectivity index (χ0) is 20.1. The van der Waals surface area contributed by atoms with Crippen molar-refractivity contribution in [2.24, 2.45) is 0 Å². The Kier molecular flexibility index (Phi) is 6.36. The molecule has 0 spiro atoms. The number of hydrogen-bond acceptors (Lipinski definition) is 6. The molecule has 29 heavy (non-hydrogen) atoms. The lowest BCUT2D eigenvalue weighted by atomic mass is 9.98. The van der Waals surface area contributed by atoms with Gasteiger partial charge in [-0.3, -0.25) is 4.79 Å². The van der Waals surface area contributed by atoms with Gasteiger partial charge in [0.2, 0.25) is 5.91 Å². The number of hydrogen-bond donors (Lipinski definition) is 0. The van der Waals surface area contributed by atoms with Crippen molar-refractivity contribution in [3.8, 4) is 5.75 Å². The summed E-state index contributed by atoms with van der Waals surface area (Å²) in [6, 6.07) is 7.77. The van der Waals surface area contributed by atoms with Gasteiger partial charge in [0.1, 0.15) is 12.4 Å². The van der Waals surface area contributed by atoms with Crippen LogP contribution in [-0.4, -0.2) is 33.9 Å². The maximum Gasteiger partial charge on any atom is 0.246 e. The molecule has 150 valence electrons. The number of thiazole rings is 2. The predicted octanol–water partition coefficient (Wildman–Crippen LogP) is 4.91. The molecule has 1 saturated heterocycles. The molecular weight excluding hydrogens is 402 g/mol. The van der Waals surface area contributed by atoms with Gasteiger partial charge >= 0.3 is 0 Å². The van der Waals surface area contributed by atoms with Crippen LogP contribution in [-0.2, 0) is 11.4 Å². The molecule has 4 rings (SSSR count). The smallest absolute Gasteiger partial charge is 0.246 e. The van der Waals surface area contributed by atoms with Gasteiger partial charge < -0.3 is 9.64 Å². The van der Waals surface area contributed by atoms with Gasteiger partial charge in [0, 0.05) is 42.0 Å². The zero-order valence-electron chi connectivity index (χ0n) is 16.3. The van der Waals surface area contributed by atoms with E-state index in [1.807, 2.05) is 59.1 Å². The first-order chi connectivity index (χ1) is 14.2. The Balaban J connectivity index is 1.35. The van der Waals surface area contributed by atoms with Crippen LogP contribution < -0.4 is 4.74 Å². The molecule has 0 N–H and O–H groups in total. The molecule has 1 fully saturated rings. The highest BCUT2D eigenvalue weighted by Gasteiger charge is 2.25. The second-order valence-electron chi connectivity index (χ2n) is 7.05. The molecule has 0 bridgehead atoms. The number of benzene rings is 1. The summed E-state index contributed by atoms with van der Waals surface area (Å²) in [6.45, 7) is 3.98. The Labute approximate surface area is 178 Å². The second-order valence-corrected chi connectivity index (χ2v) is 9.03. The summed E-state index contributed by atoms with van der Waals surface area (Å²) in [5.74, 6) is 1.18. The number of aromatic nitrogens is 2. The molecule has 1 atom stereocenters. The largest absolute Gasteiger partial charge is 0.487 e. The third kappa shape index (κ3) is 5.31. The first kappa shape index (κ1) is 19.8. The van der Waals surface area contributed by atoms with Crippen LogP contribution in [0.4, 0.5) is 0 Å². The lowest BCUT2D eigenvalue weighted by molar-refractivity contribution is -0.127. The standard InChI is InChI=1S/C22H23N3O2S2/c1-16-24-19(15-29-16)14-27-20-6-2-4-17(12-20)7-8-21(26)25-10-3-5-18(13-25)22-23-9-11-28-22/h2,4,6-9,11-12,15,18H,3,5,10,13-14H2,1H3/b8-7+. The fraction of sp³-hybridized carbons (Fsp3) is 0.318. The number of piperidine rings is 1. The summed E-state index contributed by atoms with van der Waals surface area (Å²) in [7, 11) is 0. The van der Waals surface area contributed by atoms with Crippen LogP contribution in [0.3, 0.4) is 0 Å². The minimum absolute atomic E-state index is 0.0514. The van der Waals surface area contributed by atoms with E-state index in [1.165, 1.54) is 0 Å². The van der Waals surface area contributed by atoms with Crippen molar-refractivity contribution in [3.63, 3.8) is 0 Å². The number of nitrogens with zero attached hydrogens (tertiary/aromatic N) is 3. The van der Waals surface area contributed by atoms with Gasteiger partial charge in [-0.15, -0.1) is 22.7 Å². The minimum Gasteiger partial charge on any atom is -0.487 e. The average molecular weight is 426 g/mol. The van der Waals surface area contributed by atoms with Crippen molar-refractivity contribution in [2.75, 3.05) is 13.1 Å². The van der Waals surface area contributed by atoms with E-state index in [9.17, 15) is 4.79 Å². The van der Waals surface area contributed by atoms with Crippen LogP contribution in [0.15, 0.2) is 47.3 Å². The Morgan fingerprint density at radius 3 is 3.10 bits per heavy atom. The quantitative estimate of drug-likeness (QED) is 0.527. The third-order valence-electron chi connectivity index (χ3n) is 4.86. The van der Waals surface area contributed by atoms with Crippen molar-refractivity contribution in [2.45, 2.75) is 32.3 Å². The van der Waals surface area contributed by atoms with Crippen molar-refractivity contribution in [1.29, 1.82) is 0 Å². The molecule has 7 heteroatoms. The Morgan fingerprint density at radius 1 is 1.38 bits per heavy atom. The Bertz CT molecular complexity index is 982. The molecule has 1 aromatic carbocycles.